The van der Waals surface area contributed by atoms with Crippen LogP contribution < -0.4 is 4.90 Å². The first-order chi connectivity index (χ1) is 12.2. The number of rotatable bonds is 3. The monoisotopic (exact) mass is 333 g/mol. The fourth-order valence-corrected chi connectivity index (χ4v) is 3.08. The Labute approximate surface area is 145 Å². The van der Waals surface area contributed by atoms with Gasteiger partial charge in [0.05, 0.1) is 24.7 Å². The first-order valence-electron chi connectivity index (χ1n) is 7.73. The molecule has 1 saturated heterocycles. The summed E-state index contributed by atoms with van der Waals surface area (Å²) in [5.41, 5.74) is 1.79. The molecule has 0 saturated carbocycles. The van der Waals surface area contributed by atoms with Gasteiger partial charge in [-0.1, -0.05) is 12.1 Å². The van der Waals surface area contributed by atoms with Gasteiger partial charge in [-0.3, -0.25) is 4.79 Å². The summed E-state index contributed by atoms with van der Waals surface area (Å²) in [4.78, 5) is 14.2. The van der Waals surface area contributed by atoms with Crippen molar-refractivity contribution in [3.8, 4) is 12.1 Å². The summed E-state index contributed by atoms with van der Waals surface area (Å²) < 4.78 is 4.95. The lowest BCUT2D eigenvalue weighted by Crippen LogP contribution is -2.25. The number of aromatic nitrogens is 2. The maximum Gasteiger partial charge on any atom is 0.311 e. The van der Waals surface area contributed by atoms with E-state index in [0.717, 1.165) is 5.56 Å². The van der Waals surface area contributed by atoms with Crippen molar-refractivity contribution in [2.24, 2.45) is 5.92 Å². The fraction of sp³-hybridized carbons (Fsp3) is 0.278. The Bertz CT molecular complexity index is 849. The van der Waals surface area contributed by atoms with Crippen LogP contribution in [0.15, 0.2) is 36.4 Å². The van der Waals surface area contributed by atoms with Crippen LogP contribution in [-0.4, -0.2) is 36.4 Å². The molecule has 0 amide bonds. The van der Waals surface area contributed by atoms with Gasteiger partial charge in [0, 0.05) is 19.0 Å². The Kier molecular flexibility index (Phi) is 4.58. The van der Waals surface area contributed by atoms with E-state index in [1.807, 2.05) is 23.1 Å². The second-order valence-corrected chi connectivity index (χ2v) is 5.76. The van der Waals surface area contributed by atoms with Crippen LogP contribution in [0.25, 0.3) is 0 Å². The molecule has 1 aliphatic rings. The highest BCUT2D eigenvalue weighted by Gasteiger charge is 2.39. The van der Waals surface area contributed by atoms with Crippen LogP contribution in [0, 0.1) is 28.6 Å². The largest absolute Gasteiger partial charge is 0.469 e. The van der Waals surface area contributed by atoms with Crippen LogP contribution in [0.5, 0.6) is 0 Å². The van der Waals surface area contributed by atoms with E-state index >= 15 is 0 Å². The highest BCUT2D eigenvalue weighted by molar-refractivity contribution is 5.75. The van der Waals surface area contributed by atoms with E-state index in [4.69, 9.17) is 15.3 Å². The molecule has 0 radical (unpaired) electrons. The van der Waals surface area contributed by atoms with E-state index in [9.17, 15) is 4.79 Å². The van der Waals surface area contributed by atoms with Crippen molar-refractivity contribution in [1.82, 2.24) is 10.2 Å². The van der Waals surface area contributed by atoms with E-state index in [1.54, 1.807) is 24.3 Å². The Morgan fingerprint density at radius 3 is 2.44 bits per heavy atom. The minimum Gasteiger partial charge on any atom is -0.469 e. The van der Waals surface area contributed by atoms with Crippen LogP contribution in [0.4, 0.5) is 5.82 Å². The number of esters is 1. The number of methoxy groups -OCH3 is 1. The molecule has 7 nitrogen and oxygen atoms in total. The molecular weight excluding hydrogens is 318 g/mol. The van der Waals surface area contributed by atoms with Gasteiger partial charge in [-0.15, -0.1) is 10.2 Å². The van der Waals surface area contributed by atoms with Gasteiger partial charge in [-0.25, -0.2) is 0 Å². The number of carbonyl (C=O) groups excluding carboxylic acids is 1. The molecule has 1 aliphatic heterocycles. The Hall–Kier alpha value is -3.45. The number of hydrogen-bond acceptors (Lipinski definition) is 7. The highest BCUT2D eigenvalue weighted by atomic mass is 16.5. The van der Waals surface area contributed by atoms with Gasteiger partial charge in [-0.05, 0) is 29.8 Å². The number of benzene rings is 1. The number of ether oxygens (including phenoxy) is 1. The first-order valence-corrected chi connectivity index (χ1v) is 7.73. The van der Waals surface area contributed by atoms with Gasteiger partial charge < -0.3 is 9.64 Å². The predicted octanol–water partition coefficient (Wildman–Crippen LogP) is 1.61. The highest BCUT2D eigenvalue weighted by Crippen LogP contribution is 2.35. The van der Waals surface area contributed by atoms with Crippen molar-refractivity contribution in [1.29, 1.82) is 10.5 Å². The SMILES string of the molecule is COC(=O)C1CN(c2ccc(C#N)nn2)C[C@H]1c1ccc(C#N)cc1. The summed E-state index contributed by atoms with van der Waals surface area (Å²) >= 11 is 0. The zero-order chi connectivity index (χ0) is 17.8. The lowest BCUT2D eigenvalue weighted by Gasteiger charge is -2.16. The Balaban J connectivity index is 1.88. The molecule has 0 bridgehead atoms. The summed E-state index contributed by atoms with van der Waals surface area (Å²) in [7, 11) is 1.38. The summed E-state index contributed by atoms with van der Waals surface area (Å²) in [6, 6.07) is 14.6. The van der Waals surface area contributed by atoms with Crippen LogP contribution in [0.3, 0.4) is 0 Å². The van der Waals surface area contributed by atoms with Gasteiger partial charge in [0.2, 0.25) is 0 Å². The molecule has 3 rings (SSSR count). The second kappa shape index (κ2) is 6.98. The second-order valence-electron chi connectivity index (χ2n) is 5.76. The third kappa shape index (κ3) is 3.26. The molecule has 0 spiro atoms. The average molecular weight is 333 g/mol. The maximum atomic E-state index is 12.2. The normalized spacial score (nSPS) is 19.1. The molecule has 0 N–H and O–H groups in total. The zero-order valence-electron chi connectivity index (χ0n) is 13.6. The number of anilines is 1. The minimum absolute atomic E-state index is 0.0716. The molecule has 1 unspecified atom stereocenters. The van der Waals surface area contributed by atoms with Crippen molar-refractivity contribution in [3.63, 3.8) is 0 Å². The molecule has 2 aromatic rings. The number of hydrogen-bond donors (Lipinski definition) is 0. The van der Waals surface area contributed by atoms with E-state index in [1.165, 1.54) is 7.11 Å². The lowest BCUT2D eigenvalue weighted by molar-refractivity contribution is -0.145. The van der Waals surface area contributed by atoms with Gasteiger partial charge in [0.25, 0.3) is 0 Å². The van der Waals surface area contributed by atoms with Gasteiger partial charge in [0.15, 0.2) is 11.5 Å². The summed E-state index contributed by atoms with van der Waals surface area (Å²) in [6.45, 7) is 1.03. The van der Waals surface area contributed by atoms with Crippen LogP contribution in [0.2, 0.25) is 0 Å². The van der Waals surface area contributed by atoms with E-state index < -0.39 is 0 Å². The molecule has 2 heterocycles. The topological polar surface area (TPSA) is 103 Å². The molecule has 7 heteroatoms. The summed E-state index contributed by atoms with van der Waals surface area (Å²) in [6.07, 6.45) is 0. The number of carbonyl (C=O) groups is 1. The molecule has 25 heavy (non-hydrogen) atoms. The molecule has 124 valence electrons. The van der Waals surface area contributed by atoms with E-state index in [2.05, 4.69) is 16.3 Å². The molecule has 2 atom stereocenters. The fourth-order valence-electron chi connectivity index (χ4n) is 3.08. The third-order valence-corrected chi connectivity index (χ3v) is 4.38. The van der Waals surface area contributed by atoms with Gasteiger partial charge >= 0.3 is 5.97 Å². The Morgan fingerprint density at radius 1 is 1.12 bits per heavy atom. The summed E-state index contributed by atoms with van der Waals surface area (Å²) in [5, 5.41) is 25.7. The molecule has 1 fully saturated rings. The minimum atomic E-state index is -0.338. The van der Waals surface area contributed by atoms with E-state index in [0.29, 0.717) is 24.5 Å². The summed E-state index contributed by atoms with van der Waals surface area (Å²) in [5.74, 6) is -0.0736. The molecule has 1 aromatic heterocycles. The standard InChI is InChI=1S/C18H15N5O2/c1-25-18(24)16-11-23(17-7-6-14(9-20)21-22-17)10-15(16)13-4-2-12(8-19)3-5-13/h2-7,15-16H,10-11H2,1H3/t15-,16?/m0/s1. The smallest absolute Gasteiger partial charge is 0.311 e. The molecule has 0 aliphatic carbocycles. The third-order valence-electron chi connectivity index (χ3n) is 4.38. The van der Waals surface area contributed by atoms with Crippen molar-refractivity contribution in [2.75, 3.05) is 25.1 Å². The van der Waals surface area contributed by atoms with Crippen molar-refractivity contribution < 1.29 is 9.53 Å². The van der Waals surface area contributed by atoms with Gasteiger partial charge in [-0.2, -0.15) is 10.5 Å². The van der Waals surface area contributed by atoms with Crippen LogP contribution in [0.1, 0.15) is 22.7 Å². The Morgan fingerprint density at radius 2 is 1.88 bits per heavy atom. The maximum absolute atomic E-state index is 12.2. The predicted molar refractivity (Wildman–Crippen MR) is 88.4 cm³/mol. The van der Waals surface area contributed by atoms with Crippen LogP contribution >= 0.6 is 0 Å². The number of nitriles is 2. The molecule has 1 aromatic carbocycles. The lowest BCUT2D eigenvalue weighted by atomic mass is 9.88. The van der Waals surface area contributed by atoms with Crippen molar-refractivity contribution in [2.45, 2.75) is 5.92 Å². The van der Waals surface area contributed by atoms with Gasteiger partial charge in [0.1, 0.15) is 6.07 Å². The molecular formula is C18H15N5O2. The number of nitrogens with zero attached hydrogens (tertiary/aromatic N) is 5. The first kappa shape index (κ1) is 16.4. The average Bonchev–Trinajstić information content (AvgIpc) is 3.13. The van der Waals surface area contributed by atoms with E-state index in [-0.39, 0.29) is 23.5 Å². The quantitative estimate of drug-likeness (QED) is 0.786. The van der Waals surface area contributed by atoms with Crippen LogP contribution in [-0.2, 0) is 9.53 Å². The van der Waals surface area contributed by atoms with Crippen molar-refractivity contribution >= 4 is 11.8 Å². The zero-order valence-corrected chi connectivity index (χ0v) is 13.6. The van der Waals surface area contributed by atoms with Crippen molar-refractivity contribution in [3.05, 3.63) is 53.2 Å².